The summed E-state index contributed by atoms with van der Waals surface area (Å²) in [7, 11) is 0. The highest BCUT2D eigenvalue weighted by Crippen LogP contribution is 2.35. The molecule has 3 heterocycles. The van der Waals surface area contributed by atoms with Crippen molar-refractivity contribution in [3.05, 3.63) is 60.1 Å². The first-order chi connectivity index (χ1) is 14.1. The molecule has 0 N–H and O–H groups in total. The molecule has 0 saturated carbocycles. The Morgan fingerprint density at radius 3 is 2.32 bits per heavy atom. The van der Waals surface area contributed by atoms with Crippen molar-refractivity contribution in [3.8, 4) is 11.5 Å². The van der Waals surface area contributed by atoms with Crippen molar-refractivity contribution < 1.29 is 8.83 Å². The van der Waals surface area contributed by atoms with Crippen LogP contribution in [-0.2, 0) is 6.42 Å². The maximum Gasteiger partial charge on any atom is 0.247 e. The maximum absolute atomic E-state index is 5.86. The molecule has 7 heteroatoms. The van der Waals surface area contributed by atoms with Gasteiger partial charge in [0.05, 0.1) is 0 Å². The number of aromatic nitrogens is 5. The second-order valence-electron chi connectivity index (χ2n) is 7.27. The van der Waals surface area contributed by atoms with Gasteiger partial charge in [-0.2, -0.15) is 0 Å². The molecule has 0 radical (unpaired) electrons. The number of fused-ring (bicyclic) bond motifs is 3. The third kappa shape index (κ3) is 3.83. The molecule has 0 saturated heterocycles. The third-order valence-electron chi connectivity index (χ3n) is 5.33. The summed E-state index contributed by atoms with van der Waals surface area (Å²) in [6.45, 7) is 6.22. The Morgan fingerprint density at radius 1 is 0.871 bits per heavy atom. The topological polar surface area (TPSA) is 82.8 Å². The van der Waals surface area contributed by atoms with Crippen LogP contribution in [0, 0.1) is 6.92 Å². The van der Waals surface area contributed by atoms with Crippen LogP contribution < -0.4 is 0 Å². The first-order valence-corrected chi connectivity index (χ1v) is 9.78. The van der Waals surface area contributed by atoms with Crippen LogP contribution in [0.1, 0.15) is 58.8 Å². The molecule has 5 rings (SSSR count). The van der Waals surface area contributed by atoms with Gasteiger partial charge in [0.15, 0.2) is 0 Å². The number of aryl methyl sites for hydroxylation is 1. The normalized spacial score (nSPS) is 12.0. The van der Waals surface area contributed by atoms with E-state index >= 15 is 0 Å². The van der Waals surface area contributed by atoms with Crippen LogP contribution in [0.25, 0.3) is 33.3 Å². The van der Waals surface area contributed by atoms with Crippen molar-refractivity contribution in [2.45, 2.75) is 54.5 Å². The maximum atomic E-state index is 5.86. The van der Waals surface area contributed by atoms with E-state index in [0.717, 1.165) is 12.0 Å². The van der Waals surface area contributed by atoms with E-state index in [4.69, 9.17) is 8.83 Å². The second-order valence-corrected chi connectivity index (χ2v) is 7.27. The van der Waals surface area contributed by atoms with E-state index in [2.05, 4.69) is 75.2 Å². The Hall–Kier alpha value is -3.48. The first kappa shape index (κ1) is 22.2. The summed E-state index contributed by atoms with van der Waals surface area (Å²) >= 11 is 0. The van der Waals surface area contributed by atoms with E-state index < -0.39 is 0 Å². The number of nitrogens with zero attached hydrogens (tertiary/aromatic N) is 5. The Morgan fingerprint density at radius 2 is 1.58 bits per heavy atom. The fourth-order valence-corrected chi connectivity index (χ4v) is 3.77. The Labute approximate surface area is 182 Å². The van der Waals surface area contributed by atoms with Crippen LogP contribution in [0.3, 0.4) is 0 Å². The van der Waals surface area contributed by atoms with E-state index in [1.807, 2.05) is 6.07 Å². The van der Waals surface area contributed by atoms with Crippen molar-refractivity contribution in [1.82, 2.24) is 25.0 Å². The summed E-state index contributed by atoms with van der Waals surface area (Å²) in [6, 6.07) is 15.2. The highest BCUT2D eigenvalue weighted by Gasteiger charge is 2.17. The second kappa shape index (κ2) is 8.71. The Balaban J connectivity index is 0.00000136. The molecule has 2 aromatic carbocycles. The summed E-state index contributed by atoms with van der Waals surface area (Å²) in [4.78, 5) is 0. The molecule has 0 spiro atoms. The van der Waals surface area contributed by atoms with Crippen molar-refractivity contribution >= 4 is 21.8 Å². The van der Waals surface area contributed by atoms with Gasteiger partial charge in [-0.1, -0.05) is 40.0 Å². The molecule has 0 bridgehead atoms. The van der Waals surface area contributed by atoms with Crippen LogP contribution in [0.15, 0.2) is 51.3 Å². The van der Waals surface area contributed by atoms with Crippen LogP contribution in [0.4, 0.5) is 0 Å². The predicted molar refractivity (Wildman–Crippen MR) is 123 cm³/mol. The standard InChI is InChI=1S/C22H21N5O2.2CH4/c1-4-13(2)27-18-8-6-5-7-16(18)17-11-15(9-10-19(17)27)22-26-25-21(29-22)12-20-24-23-14(3)28-20;;/h5-11,13H,4,12H2,1-3H3;2*1H4. The van der Waals surface area contributed by atoms with Gasteiger partial charge in [0, 0.05) is 40.3 Å². The predicted octanol–water partition coefficient (Wildman–Crippen LogP) is 6.37. The van der Waals surface area contributed by atoms with Gasteiger partial charge in [0.1, 0.15) is 6.42 Å². The molecule has 0 amide bonds. The lowest BCUT2D eigenvalue weighted by molar-refractivity contribution is 0.446. The lowest BCUT2D eigenvalue weighted by atomic mass is 10.1. The Bertz CT molecular complexity index is 1310. The number of benzene rings is 2. The van der Waals surface area contributed by atoms with Crippen molar-refractivity contribution in [2.75, 3.05) is 0 Å². The van der Waals surface area contributed by atoms with Gasteiger partial charge >= 0.3 is 0 Å². The summed E-state index contributed by atoms with van der Waals surface area (Å²) in [5, 5.41) is 18.6. The smallest absolute Gasteiger partial charge is 0.247 e. The Kier molecular flexibility index (Phi) is 6.24. The molecular weight excluding hydrogens is 390 g/mol. The quantitative estimate of drug-likeness (QED) is 0.329. The SMILES string of the molecule is C.C.CCC(C)n1c2ccccc2c2cc(-c3nnc(Cc4nnc(C)o4)o3)ccc21. The molecule has 31 heavy (non-hydrogen) atoms. The number of para-hydroxylation sites is 1. The van der Waals surface area contributed by atoms with E-state index in [9.17, 15) is 0 Å². The van der Waals surface area contributed by atoms with Crippen molar-refractivity contribution in [3.63, 3.8) is 0 Å². The van der Waals surface area contributed by atoms with Crippen LogP contribution in [0.5, 0.6) is 0 Å². The van der Waals surface area contributed by atoms with E-state index in [0.29, 0.717) is 36.0 Å². The third-order valence-corrected chi connectivity index (χ3v) is 5.33. The highest BCUT2D eigenvalue weighted by atomic mass is 16.4. The lowest BCUT2D eigenvalue weighted by Crippen LogP contribution is -2.02. The molecule has 0 fully saturated rings. The van der Waals surface area contributed by atoms with Gasteiger partial charge in [-0.15, -0.1) is 20.4 Å². The van der Waals surface area contributed by atoms with Crippen LogP contribution >= 0.6 is 0 Å². The van der Waals surface area contributed by atoms with Gasteiger partial charge < -0.3 is 13.4 Å². The van der Waals surface area contributed by atoms with Crippen molar-refractivity contribution in [1.29, 1.82) is 0 Å². The van der Waals surface area contributed by atoms with E-state index in [-0.39, 0.29) is 14.9 Å². The van der Waals surface area contributed by atoms with Crippen LogP contribution in [0.2, 0.25) is 0 Å². The average Bonchev–Trinajstić information content (AvgIpc) is 3.45. The summed E-state index contributed by atoms with van der Waals surface area (Å²) in [5.74, 6) is 1.91. The number of rotatable bonds is 5. The summed E-state index contributed by atoms with van der Waals surface area (Å²) in [6.07, 6.45) is 1.39. The van der Waals surface area contributed by atoms with Gasteiger partial charge in [-0.3, -0.25) is 0 Å². The minimum Gasteiger partial charge on any atom is -0.425 e. The zero-order chi connectivity index (χ0) is 20.0. The molecule has 162 valence electrons. The molecule has 0 aliphatic carbocycles. The van der Waals surface area contributed by atoms with Crippen LogP contribution in [-0.4, -0.2) is 25.0 Å². The largest absolute Gasteiger partial charge is 0.425 e. The zero-order valence-corrected chi connectivity index (χ0v) is 16.6. The molecule has 0 aliphatic heterocycles. The van der Waals surface area contributed by atoms with Gasteiger partial charge in [-0.05, 0) is 37.6 Å². The van der Waals surface area contributed by atoms with Crippen molar-refractivity contribution in [2.24, 2.45) is 0 Å². The minimum atomic E-state index is 0. The fourth-order valence-electron chi connectivity index (χ4n) is 3.77. The molecule has 7 nitrogen and oxygen atoms in total. The molecule has 1 unspecified atom stereocenters. The molecule has 3 aromatic heterocycles. The molecular formula is C24H29N5O2. The van der Waals surface area contributed by atoms with Gasteiger partial charge in [-0.25, -0.2) is 0 Å². The summed E-state index contributed by atoms with van der Waals surface area (Å²) in [5.41, 5.74) is 3.35. The van der Waals surface area contributed by atoms with Gasteiger partial charge in [0.25, 0.3) is 0 Å². The lowest BCUT2D eigenvalue weighted by Gasteiger charge is -2.14. The van der Waals surface area contributed by atoms with Gasteiger partial charge in [0.2, 0.25) is 23.6 Å². The highest BCUT2D eigenvalue weighted by molar-refractivity contribution is 6.09. The fraction of sp³-hybridized carbons (Fsp3) is 0.333. The molecule has 0 aliphatic rings. The summed E-state index contributed by atoms with van der Waals surface area (Å²) < 4.78 is 13.7. The minimum absolute atomic E-state index is 0. The molecule has 1 atom stereocenters. The number of hydrogen-bond donors (Lipinski definition) is 0. The van der Waals surface area contributed by atoms with E-state index in [1.54, 1.807) is 6.92 Å². The monoisotopic (exact) mass is 419 g/mol. The first-order valence-electron chi connectivity index (χ1n) is 9.78. The zero-order valence-electron chi connectivity index (χ0n) is 16.6. The number of hydrogen-bond acceptors (Lipinski definition) is 6. The molecule has 5 aromatic rings. The average molecular weight is 420 g/mol. The van der Waals surface area contributed by atoms with E-state index in [1.165, 1.54) is 21.8 Å².